The van der Waals surface area contributed by atoms with Gasteiger partial charge in [-0.2, -0.15) is 0 Å². The number of methoxy groups -OCH3 is 1. The third-order valence-electron chi connectivity index (χ3n) is 2.58. The lowest BCUT2D eigenvalue weighted by molar-refractivity contribution is 0.203. The number of benzene rings is 2. The molecule has 19 heavy (non-hydrogen) atoms. The molecule has 0 fully saturated rings. The van der Waals surface area contributed by atoms with Crippen molar-refractivity contribution in [3.05, 3.63) is 60.7 Å². The Hall–Kier alpha value is -0.900. The minimum absolute atomic E-state index is 0.470. The normalized spacial score (nSPS) is 12.3. The van der Waals surface area contributed by atoms with E-state index < -0.39 is 0 Å². The summed E-state index contributed by atoms with van der Waals surface area (Å²) in [6, 6.07) is 21.0. The first-order valence-electron chi connectivity index (χ1n) is 6.27. The van der Waals surface area contributed by atoms with Crippen molar-refractivity contribution in [2.75, 3.05) is 19.5 Å². The van der Waals surface area contributed by atoms with E-state index in [2.05, 4.69) is 54.6 Å². The van der Waals surface area contributed by atoms with Crippen molar-refractivity contribution in [3.63, 3.8) is 0 Å². The topological polar surface area (TPSA) is 9.23 Å². The minimum Gasteiger partial charge on any atom is -0.383 e. The summed E-state index contributed by atoms with van der Waals surface area (Å²) in [5, 5.41) is 0.470. The van der Waals surface area contributed by atoms with Crippen molar-refractivity contribution in [2.45, 2.75) is 15.0 Å². The Kier molecular flexibility index (Phi) is 6.34. The highest BCUT2D eigenvalue weighted by atomic mass is 32.2. The fraction of sp³-hybridized carbons (Fsp3) is 0.250. The molecule has 0 heterocycles. The molecule has 0 N–H and O–H groups in total. The van der Waals surface area contributed by atoms with Crippen LogP contribution in [0.5, 0.6) is 0 Å². The first kappa shape index (κ1) is 14.5. The lowest BCUT2D eigenvalue weighted by Crippen LogP contribution is -2.13. The molecule has 2 aromatic rings. The number of rotatable bonds is 7. The molecule has 0 aliphatic carbocycles. The van der Waals surface area contributed by atoms with Crippen LogP contribution in [0.3, 0.4) is 0 Å². The molecule has 3 heteroatoms. The predicted octanol–water partition coefficient (Wildman–Crippen LogP) is 4.59. The van der Waals surface area contributed by atoms with E-state index in [0.29, 0.717) is 5.25 Å². The summed E-state index contributed by atoms with van der Waals surface area (Å²) in [5.41, 5.74) is 0. The Morgan fingerprint density at radius 2 is 1.47 bits per heavy atom. The van der Waals surface area contributed by atoms with E-state index in [9.17, 15) is 0 Å². The van der Waals surface area contributed by atoms with Gasteiger partial charge in [0, 0.05) is 27.9 Å². The molecule has 0 saturated carbocycles. The zero-order valence-corrected chi connectivity index (χ0v) is 12.6. The average molecular weight is 290 g/mol. The highest BCUT2D eigenvalue weighted by molar-refractivity contribution is 8.03. The van der Waals surface area contributed by atoms with Gasteiger partial charge >= 0.3 is 0 Å². The first-order chi connectivity index (χ1) is 9.38. The smallest absolute Gasteiger partial charge is 0.0592 e. The first-order valence-corrected chi connectivity index (χ1v) is 8.13. The molecule has 0 spiro atoms. The summed E-state index contributed by atoms with van der Waals surface area (Å²) < 4.78 is 5.33. The van der Waals surface area contributed by atoms with Crippen LogP contribution in [0.1, 0.15) is 0 Å². The highest BCUT2D eigenvalue weighted by Crippen LogP contribution is 2.28. The van der Waals surface area contributed by atoms with Gasteiger partial charge in [0.05, 0.1) is 6.61 Å². The SMILES string of the molecule is COCC(CSc1ccccc1)Sc1ccccc1. The largest absolute Gasteiger partial charge is 0.383 e. The van der Waals surface area contributed by atoms with E-state index in [1.807, 2.05) is 29.6 Å². The average Bonchev–Trinajstić information content (AvgIpc) is 2.47. The minimum atomic E-state index is 0.470. The van der Waals surface area contributed by atoms with E-state index in [1.54, 1.807) is 7.11 Å². The molecule has 0 aliphatic rings. The van der Waals surface area contributed by atoms with Gasteiger partial charge in [-0.25, -0.2) is 0 Å². The molecule has 0 aliphatic heterocycles. The third-order valence-corrected chi connectivity index (χ3v) is 5.14. The molecule has 100 valence electrons. The molecule has 2 aromatic carbocycles. The van der Waals surface area contributed by atoms with Gasteiger partial charge in [0.25, 0.3) is 0 Å². The van der Waals surface area contributed by atoms with E-state index in [4.69, 9.17) is 4.74 Å². The Bertz CT molecular complexity index is 459. The van der Waals surface area contributed by atoms with Crippen LogP contribution in [0.15, 0.2) is 70.5 Å². The third kappa shape index (κ3) is 5.31. The maximum atomic E-state index is 5.33. The second-order valence-corrected chi connectivity index (χ2v) is 6.60. The summed E-state index contributed by atoms with van der Waals surface area (Å²) in [6.07, 6.45) is 0. The monoisotopic (exact) mass is 290 g/mol. The lowest BCUT2D eigenvalue weighted by atomic mass is 10.4. The van der Waals surface area contributed by atoms with E-state index in [-0.39, 0.29) is 0 Å². The van der Waals surface area contributed by atoms with E-state index in [1.165, 1.54) is 9.79 Å². The Labute approximate surface area is 123 Å². The number of ether oxygens (including phenoxy) is 1. The van der Waals surface area contributed by atoms with Crippen molar-refractivity contribution >= 4 is 23.5 Å². The lowest BCUT2D eigenvalue weighted by Gasteiger charge is -2.15. The summed E-state index contributed by atoms with van der Waals surface area (Å²) in [7, 11) is 1.77. The molecule has 1 nitrogen and oxygen atoms in total. The Morgan fingerprint density at radius 1 is 0.895 bits per heavy atom. The quantitative estimate of drug-likeness (QED) is 0.690. The van der Waals surface area contributed by atoms with Gasteiger partial charge in [0.15, 0.2) is 0 Å². The maximum Gasteiger partial charge on any atom is 0.0592 e. The number of hydrogen-bond acceptors (Lipinski definition) is 3. The summed E-state index contributed by atoms with van der Waals surface area (Å²) >= 11 is 3.77. The second-order valence-electron chi connectivity index (χ2n) is 4.13. The molecule has 1 atom stereocenters. The molecule has 0 amide bonds. The van der Waals surface area contributed by atoms with Gasteiger partial charge in [-0.1, -0.05) is 36.4 Å². The molecule has 0 aromatic heterocycles. The van der Waals surface area contributed by atoms with Crippen LogP contribution >= 0.6 is 23.5 Å². The molecular formula is C16H18OS2. The van der Waals surface area contributed by atoms with Gasteiger partial charge in [0.1, 0.15) is 0 Å². The molecule has 1 unspecified atom stereocenters. The van der Waals surface area contributed by atoms with E-state index in [0.717, 1.165) is 12.4 Å². The molecule has 2 rings (SSSR count). The van der Waals surface area contributed by atoms with Crippen molar-refractivity contribution in [2.24, 2.45) is 0 Å². The highest BCUT2D eigenvalue weighted by Gasteiger charge is 2.11. The fourth-order valence-electron chi connectivity index (χ4n) is 1.70. The van der Waals surface area contributed by atoms with Gasteiger partial charge in [-0.3, -0.25) is 0 Å². The van der Waals surface area contributed by atoms with Crippen molar-refractivity contribution < 1.29 is 4.74 Å². The van der Waals surface area contributed by atoms with Gasteiger partial charge in [-0.15, -0.1) is 23.5 Å². The van der Waals surface area contributed by atoms with Crippen LogP contribution in [0.25, 0.3) is 0 Å². The van der Waals surface area contributed by atoms with Gasteiger partial charge in [-0.05, 0) is 24.3 Å². The maximum absolute atomic E-state index is 5.33. The fourth-order valence-corrected chi connectivity index (χ4v) is 3.90. The van der Waals surface area contributed by atoms with Crippen LogP contribution in [-0.2, 0) is 4.74 Å². The van der Waals surface area contributed by atoms with Crippen LogP contribution in [0, 0.1) is 0 Å². The Morgan fingerprint density at radius 3 is 2.05 bits per heavy atom. The van der Waals surface area contributed by atoms with Gasteiger partial charge in [0.2, 0.25) is 0 Å². The number of thioether (sulfide) groups is 2. The van der Waals surface area contributed by atoms with Crippen molar-refractivity contribution in [3.8, 4) is 0 Å². The van der Waals surface area contributed by atoms with Crippen LogP contribution < -0.4 is 0 Å². The zero-order valence-electron chi connectivity index (χ0n) is 11.0. The Balaban J connectivity index is 1.89. The standard InChI is InChI=1S/C16H18OS2/c1-17-12-16(19-15-10-6-3-7-11-15)13-18-14-8-4-2-5-9-14/h2-11,16H,12-13H2,1H3. The van der Waals surface area contributed by atoms with Crippen molar-refractivity contribution in [1.29, 1.82) is 0 Å². The van der Waals surface area contributed by atoms with Crippen LogP contribution in [0.2, 0.25) is 0 Å². The second kappa shape index (κ2) is 8.31. The molecule has 0 saturated heterocycles. The molecular weight excluding hydrogens is 272 g/mol. The summed E-state index contributed by atoms with van der Waals surface area (Å²) in [5.74, 6) is 1.05. The summed E-state index contributed by atoms with van der Waals surface area (Å²) in [4.78, 5) is 2.62. The van der Waals surface area contributed by atoms with Crippen LogP contribution in [-0.4, -0.2) is 24.7 Å². The molecule has 0 radical (unpaired) electrons. The summed E-state index contributed by atoms with van der Waals surface area (Å²) in [6.45, 7) is 0.777. The van der Waals surface area contributed by atoms with E-state index >= 15 is 0 Å². The zero-order chi connectivity index (χ0) is 13.3. The molecule has 0 bridgehead atoms. The predicted molar refractivity (Wildman–Crippen MR) is 85.1 cm³/mol. The van der Waals surface area contributed by atoms with Crippen LogP contribution in [0.4, 0.5) is 0 Å². The number of hydrogen-bond donors (Lipinski definition) is 0. The van der Waals surface area contributed by atoms with Crippen molar-refractivity contribution in [1.82, 2.24) is 0 Å². The van der Waals surface area contributed by atoms with Gasteiger partial charge < -0.3 is 4.74 Å².